The molecule has 1 aliphatic carbocycles. The Morgan fingerprint density at radius 2 is 1.67 bits per heavy atom. The van der Waals surface area contributed by atoms with Crippen LogP contribution in [-0.2, 0) is 5.54 Å². The van der Waals surface area contributed by atoms with Gasteiger partial charge in [0.25, 0.3) is 0 Å². The summed E-state index contributed by atoms with van der Waals surface area (Å²) >= 11 is 5.44. The third-order valence-electron chi connectivity index (χ3n) is 4.92. The zero-order valence-corrected chi connectivity index (χ0v) is 16.1. The van der Waals surface area contributed by atoms with Crippen molar-refractivity contribution in [2.24, 2.45) is 0 Å². The molecule has 7 heteroatoms. The third kappa shape index (κ3) is 4.13. The summed E-state index contributed by atoms with van der Waals surface area (Å²) in [6.07, 6.45) is 3.94. The fraction of sp³-hybridized carbons (Fsp3) is 0.350. The topological polar surface area (TPSA) is 42.5 Å². The van der Waals surface area contributed by atoms with Gasteiger partial charge in [-0.1, -0.05) is 18.9 Å². The van der Waals surface area contributed by atoms with Crippen molar-refractivity contribution in [1.82, 2.24) is 5.32 Å². The van der Waals surface area contributed by atoms with Crippen LogP contribution < -0.4 is 20.1 Å². The Kier molecular flexibility index (Phi) is 5.79. The zero-order valence-electron chi connectivity index (χ0n) is 15.3. The van der Waals surface area contributed by atoms with Crippen molar-refractivity contribution in [2.75, 3.05) is 19.5 Å². The van der Waals surface area contributed by atoms with Crippen LogP contribution in [0.5, 0.6) is 11.5 Å². The predicted molar refractivity (Wildman–Crippen MR) is 105 cm³/mol. The number of hydrogen-bond acceptors (Lipinski definition) is 3. The fourth-order valence-corrected chi connectivity index (χ4v) is 3.87. The van der Waals surface area contributed by atoms with Crippen molar-refractivity contribution < 1.29 is 18.3 Å². The lowest BCUT2D eigenvalue weighted by molar-refractivity contribution is 0.350. The molecule has 0 unspecified atom stereocenters. The minimum atomic E-state index is -0.918. The Labute approximate surface area is 162 Å². The van der Waals surface area contributed by atoms with E-state index in [-0.39, 0.29) is 5.54 Å². The molecule has 1 fully saturated rings. The highest BCUT2D eigenvalue weighted by Gasteiger charge is 2.37. The van der Waals surface area contributed by atoms with Crippen molar-refractivity contribution in [3.8, 4) is 11.5 Å². The molecule has 0 saturated heterocycles. The molecule has 2 aromatic carbocycles. The van der Waals surface area contributed by atoms with E-state index in [2.05, 4.69) is 10.6 Å². The van der Waals surface area contributed by atoms with E-state index < -0.39 is 11.6 Å². The van der Waals surface area contributed by atoms with Gasteiger partial charge in [0.15, 0.2) is 28.2 Å². The van der Waals surface area contributed by atoms with Gasteiger partial charge in [-0.05, 0) is 54.9 Å². The molecule has 0 atom stereocenters. The first-order valence-corrected chi connectivity index (χ1v) is 9.15. The first kappa shape index (κ1) is 19.4. The largest absolute Gasteiger partial charge is 0.493 e. The molecular formula is C20H22F2N2O2S. The summed E-state index contributed by atoms with van der Waals surface area (Å²) in [6, 6.07) is 9.43. The minimum Gasteiger partial charge on any atom is -0.493 e. The van der Waals surface area contributed by atoms with Crippen LogP contribution in [0.2, 0.25) is 0 Å². The standard InChI is InChI=1S/C20H22F2N2O2S/c1-25-17-8-5-13(11-18(17)26-2)20(9-3-4-10-20)24-19(27)23-14-6-7-15(21)16(22)12-14/h5-8,11-12H,3-4,9-10H2,1-2H3,(H2,23,24,27). The van der Waals surface area contributed by atoms with Gasteiger partial charge in [0.2, 0.25) is 0 Å². The molecule has 0 aromatic heterocycles. The van der Waals surface area contributed by atoms with Crippen LogP contribution >= 0.6 is 12.2 Å². The highest BCUT2D eigenvalue weighted by molar-refractivity contribution is 7.80. The lowest BCUT2D eigenvalue weighted by Crippen LogP contribution is -2.45. The number of ether oxygens (including phenoxy) is 2. The highest BCUT2D eigenvalue weighted by Crippen LogP contribution is 2.41. The lowest BCUT2D eigenvalue weighted by atomic mass is 9.88. The zero-order chi connectivity index (χ0) is 19.4. The van der Waals surface area contributed by atoms with E-state index in [1.54, 1.807) is 14.2 Å². The van der Waals surface area contributed by atoms with Gasteiger partial charge in [-0.3, -0.25) is 0 Å². The molecular weight excluding hydrogens is 370 g/mol. The van der Waals surface area contributed by atoms with Crippen molar-refractivity contribution in [1.29, 1.82) is 0 Å². The fourth-order valence-electron chi connectivity index (χ4n) is 3.55. The number of benzene rings is 2. The predicted octanol–water partition coefficient (Wildman–Crippen LogP) is 4.74. The van der Waals surface area contributed by atoms with E-state index in [1.807, 2.05) is 18.2 Å². The van der Waals surface area contributed by atoms with Crippen molar-refractivity contribution in [2.45, 2.75) is 31.2 Å². The Morgan fingerprint density at radius 3 is 2.30 bits per heavy atom. The van der Waals surface area contributed by atoms with Crippen LogP contribution in [0.4, 0.5) is 14.5 Å². The highest BCUT2D eigenvalue weighted by atomic mass is 32.1. The molecule has 0 radical (unpaired) electrons. The Hall–Kier alpha value is -2.41. The molecule has 0 heterocycles. The third-order valence-corrected chi connectivity index (χ3v) is 5.13. The van der Waals surface area contributed by atoms with Gasteiger partial charge in [-0.25, -0.2) is 8.78 Å². The summed E-state index contributed by atoms with van der Waals surface area (Å²) in [5.74, 6) is -0.491. The second kappa shape index (κ2) is 8.08. The van der Waals surface area contributed by atoms with Crippen LogP contribution in [0.25, 0.3) is 0 Å². The van der Waals surface area contributed by atoms with E-state index in [0.717, 1.165) is 43.4 Å². The first-order chi connectivity index (χ1) is 13.0. The maximum Gasteiger partial charge on any atom is 0.171 e. The second-order valence-electron chi connectivity index (χ2n) is 6.57. The quantitative estimate of drug-likeness (QED) is 0.720. The van der Waals surface area contributed by atoms with E-state index in [4.69, 9.17) is 21.7 Å². The van der Waals surface area contributed by atoms with Gasteiger partial charge in [-0.15, -0.1) is 0 Å². The van der Waals surface area contributed by atoms with Crippen molar-refractivity contribution in [3.05, 3.63) is 53.6 Å². The molecule has 144 valence electrons. The van der Waals surface area contributed by atoms with Crippen LogP contribution in [0, 0.1) is 11.6 Å². The van der Waals surface area contributed by atoms with Gasteiger partial charge in [0.05, 0.1) is 19.8 Å². The van der Waals surface area contributed by atoms with E-state index in [1.165, 1.54) is 6.07 Å². The van der Waals surface area contributed by atoms with Gasteiger partial charge < -0.3 is 20.1 Å². The van der Waals surface area contributed by atoms with E-state index in [0.29, 0.717) is 22.3 Å². The van der Waals surface area contributed by atoms with Crippen LogP contribution in [0.15, 0.2) is 36.4 Å². The van der Waals surface area contributed by atoms with E-state index >= 15 is 0 Å². The summed E-state index contributed by atoms with van der Waals surface area (Å²) in [6.45, 7) is 0. The van der Waals surface area contributed by atoms with E-state index in [9.17, 15) is 8.78 Å². The second-order valence-corrected chi connectivity index (χ2v) is 6.98. The number of nitrogens with one attached hydrogen (secondary N) is 2. The Morgan fingerprint density at radius 1 is 0.963 bits per heavy atom. The number of thiocarbonyl (C=S) groups is 1. The molecule has 0 aliphatic heterocycles. The van der Waals surface area contributed by atoms with Gasteiger partial charge in [-0.2, -0.15) is 0 Å². The number of hydrogen-bond donors (Lipinski definition) is 2. The summed E-state index contributed by atoms with van der Waals surface area (Å²) in [4.78, 5) is 0. The maximum absolute atomic E-state index is 13.4. The molecule has 1 saturated carbocycles. The summed E-state index contributed by atoms with van der Waals surface area (Å²) in [7, 11) is 3.20. The number of anilines is 1. The molecule has 27 heavy (non-hydrogen) atoms. The average molecular weight is 392 g/mol. The molecule has 3 rings (SSSR count). The SMILES string of the molecule is COc1ccc(C2(NC(=S)Nc3ccc(F)c(F)c3)CCCC2)cc1OC. The molecule has 0 spiro atoms. The summed E-state index contributed by atoms with van der Waals surface area (Å²) in [5.41, 5.74) is 1.10. The maximum atomic E-state index is 13.4. The van der Waals surface area contributed by atoms with Gasteiger partial charge in [0, 0.05) is 11.8 Å². The average Bonchev–Trinajstić information content (AvgIpc) is 3.13. The molecule has 0 bridgehead atoms. The van der Waals surface area contributed by atoms with Gasteiger partial charge in [0.1, 0.15) is 0 Å². The Balaban J connectivity index is 1.82. The van der Waals surface area contributed by atoms with Crippen LogP contribution in [0.1, 0.15) is 31.2 Å². The monoisotopic (exact) mass is 392 g/mol. The van der Waals surface area contributed by atoms with Crippen LogP contribution in [-0.4, -0.2) is 19.3 Å². The van der Waals surface area contributed by atoms with Crippen molar-refractivity contribution in [3.63, 3.8) is 0 Å². The minimum absolute atomic E-state index is 0.345. The first-order valence-electron chi connectivity index (χ1n) is 8.74. The summed E-state index contributed by atoms with van der Waals surface area (Å²) in [5, 5.41) is 6.69. The normalized spacial score (nSPS) is 15.3. The smallest absolute Gasteiger partial charge is 0.171 e. The van der Waals surface area contributed by atoms with Crippen LogP contribution in [0.3, 0.4) is 0 Å². The summed E-state index contributed by atoms with van der Waals surface area (Å²) < 4.78 is 37.3. The lowest BCUT2D eigenvalue weighted by Gasteiger charge is -2.33. The molecule has 4 nitrogen and oxygen atoms in total. The number of methoxy groups -OCH3 is 2. The van der Waals surface area contributed by atoms with Crippen molar-refractivity contribution >= 4 is 23.0 Å². The Bertz CT molecular complexity index is 839. The molecule has 1 aliphatic rings. The van der Waals surface area contributed by atoms with Gasteiger partial charge >= 0.3 is 0 Å². The number of halogens is 2. The number of rotatable bonds is 5. The molecule has 2 aromatic rings. The molecule has 0 amide bonds. The molecule has 2 N–H and O–H groups in total.